The molecular formula is C20H15N3O3. The molecular weight excluding hydrogens is 330 g/mol. The van der Waals surface area contributed by atoms with E-state index in [-0.39, 0.29) is 17.4 Å². The molecule has 128 valence electrons. The van der Waals surface area contributed by atoms with Crippen molar-refractivity contribution in [2.45, 2.75) is 18.9 Å². The van der Waals surface area contributed by atoms with E-state index in [9.17, 15) is 14.4 Å². The average Bonchev–Trinajstić information content (AvgIpc) is 3.09. The van der Waals surface area contributed by atoms with Crippen LogP contribution < -0.4 is 10.5 Å². The van der Waals surface area contributed by atoms with Crippen LogP contribution in [0, 0.1) is 6.92 Å². The van der Waals surface area contributed by atoms with E-state index in [2.05, 4.69) is 0 Å². The van der Waals surface area contributed by atoms with Crippen LogP contribution in [0.5, 0.6) is 0 Å². The van der Waals surface area contributed by atoms with E-state index < -0.39 is 12.0 Å². The molecule has 5 rings (SSSR count). The molecule has 3 aromatic rings. The van der Waals surface area contributed by atoms with Crippen LogP contribution in [-0.4, -0.2) is 21.2 Å². The van der Waals surface area contributed by atoms with Crippen molar-refractivity contribution in [3.05, 3.63) is 82.3 Å². The average molecular weight is 345 g/mol. The summed E-state index contributed by atoms with van der Waals surface area (Å²) in [4.78, 5) is 40.2. The van der Waals surface area contributed by atoms with Crippen LogP contribution in [0.25, 0.3) is 5.69 Å². The van der Waals surface area contributed by atoms with E-state index in [1.54, 1.807) is 35.9 Å². The Bertz CT molecular complexity index is 1130. The molecule has 1 fully saturated rings. The van der Waals surface area contributed by atoms with Crippen molar-refractivity contribution in [2.24, 2.45) is 0 Å². The summed E-state index contributed by atoms with van der Waals surface area (Å²) in [6, 6.07) is 17.0. The lowest BCUT2D eigenvalue weighted by molar-refractivity contribution is -0.122. The van der Waals surface area contributed by atoms with Crippen molar-refractivity contribution < 1.29 is 9.59 Å². The first-order chi connectivity index (χ1) is 12.6. The summed E-state index contributed by atoms with van der Waals surface area (Å²) >= 11 is 0. The van der Waals surface area contributed by atoms with Crippen molar-refractivity contribution in [1.29, 1.82) is 0 Å². The Morgan fingerprint density at radius 2 is 1.54 bits per heavy atom. The highest BCUT2D eigenvalue weighted by atomic mass is 16.2. The van der Waals surface area contributed by atoms with Crippen molar-refractivity contribution in [3.8, 4) is 5.69 Å². The lowest BCUT2D eigenvalue weighted by atomic mass is 9.90. The normalized spacial score (nSPS) is 20.7. The van der Waals surface area contributed by atoms with E-state index in [0.29, 0.717) is 22.6 Å². The van der Waals surface area contributed by atoms with Crippen LogP contribution >= 0.6 is 0 Å². The molecule has 3 heterocycles. The van der Waals surface area contributed by atoms with Gasteiger partial charge in [0.2, 0.25) is 5.91 Å². The van der Waals surface area contributed by atoms with E-state index in [1.807, 2.05) is 30.3 Å². The number of carbonyl (C=O) groups excluding carboxylic acids is 2. The summed E-state index contributed by atoms with van der Waals surface area (Å²) in [6.45, 7) is 1.78. The number of benzene rings is 2. The maximum atomic E-state index is 13.3. The Kier molecular flexibility index (Phi) is 2.89. The van der Waals surface area contributed by atoms with Crippen LogP contribution in [0.3, 0.4) is 0 Å². The summed E-state index contributed by atoms with van der Waals surface area (Å²) in [5.41, 5.74) is 2.38. The van der Waals surface area contributed by atoms with Gasteiger partial charge in [-0.15, -0.1) is 0 Å². The molecule has 0 bridgehead atoms. The van der Waals surface area contributed by atoms with E-state index in [4.69, 9.17) is 0 Å². The number of anilines is 1. The maximum absolute atomic E-state index is 13.3. The van der Waals surface area contributed by atoms with Gasteiger partial charge in [0.1, 0.15) is 6.04 Å². The fraction of sp³-hybridized carbons (Fsp3) is 0.150. The molecule has 26 heavy (non-hydrogen) atoms. The zero-order valence-corrected chi connectivity index (χ0v) is 14.0. The number of rotatable bonds is 1. The van der Waals surface area contributed by atoms with Gasteiger partial charge in [0.05, 0.1) is 17.3 Å². The zero-order chi connectivity index (χ0) is 18.0. The lowest BCUT2D eigenvalue weighted by Gasteiger charge is -2.29. The predicted molar refractivity (Wildman–Crippen MR) is 95.5 cm³/mol. The fourth-order valence-corrected chi connectivity index (χ4v) is 4.13. The van der Waals surface area contributed by atoms with Crippen LogP contribution in [-0.2, 0) is 9.59 Å². The Hall–Kier alpha value is -3.41. The van der Waals surface area contributed by atoms with Gasteiger partial charge in [-0.3, -0.25) is 19.1 Å². The van der Waals surface area contributed by atoms with Gasteiger partial charge in [-0.25, -0.2) is 9.58 Å². The Labute approximate surface area is 148 Å². The third-order valence-electron chi connectivity index (χ3n) is 5.17. The summed E-state index contributed by atoms with van der Waals surface area (Å²) in [5.74, 6) is -1.21. The Morgan fingerprint density at radius 1 is 0.846 bits per heavy atom. The number of hydrogen-bond donors (Lipinski definition) is 0. The number of fused-ring (bicyclic) bond motifs is 6. The second-order valence-corrected chi connectivity index (χ2v) is 6.61. The summed E-state index contributed by atoms with van der Waals surface area (Å²) in [6.07, 6.45) is 0. The highest BCUT2D eigenvalue weighted by Crippen LogP contribution is 2.45. The topological polar surface area (TPSA) is 64.3 Å². The Balaban J connectivity index is 1.80. The molecule has 0 aliphatic carbocycles. The van der Waals surface area contributed by atoms with Crippen molar-refractivity contribution in [1.82, 2.24) is 9.36 Å². The van der Waals surface area contributed by atoms with Crippen molar-refractivity contribution >= 4 is 17.5 Å². The van der Waals surface area contributed by atoms with Gasteiger partial charge in [-0.2, -0.15) is 0 Å². The quantitative estimate of drug-likeness (QED) is 0.635. The molecule has 2 aromatic carbocycles. The molecule has 6 nitrogen and oxygen atoms in total. The SMILES string of the molecule is Cc1cc(=O)n2n1C1C(=O)N(c3ccccc3)C(=O)C1c1ccccc1-2. The molecule has 0 saturated carbocycles. The molecule has 2 amide bonds. The first-order valence-corrected chi connectivity index (χ1v) is 8.43. The number of hydrogen-bond acceptors (Lipinski definition) is 3. The zero-order valence-electron chi connectivity index (χ0n) is 14.0. The molecule has 2 atom stereocenters. The van der Waals surface area contributed by atoms with Gasteiger partial charge in [-0.1, -0.05) is 36.4 Å². The Morgan fingerprint density at radius 3 is 2.31 bits per heavy atom. The molecule has 0 spiro atoms. The predicted octanol–water partition coefficient (Wildman–Crippen LogP) is 2.16. The third kappa shape index (κ3) is 1.73. The smallest absolute Gasteiger partial charge is 0.271 e. The van der Waals surface area contributed by atoms with Crippen molar-refractivity contribution in [3.63, 3.8) is 0 Å². The summed E-state index contributed by atoms with van der Waals surface area (Å²) in [7, 11) is 0. The monoisotopic (exact) mass is 345 g/mol. The molecule has 0 N–H and O–H groups in total. The lowest BCUT2D eigenvalue weighted by Crippen LogP contribution is -2.36. The fourth-order valence-electron chi connectivity index (χ4n) is 4.13. The number of amides is 2. The number of imide groups is 1. The van der Waals surface area contributed by atoms with Crippen LogP contribution in [0.1, 0.15) is 23.2 Å². The second-order valence-electron chi connectivity index (χ2n) is 6.61. The highest BCUT2D eigenvalue weighted by molar-refractivity contribution is 6.25. The number of carbonyl (C=O) groups is 2. The number of nitrogens with zero attached hydrogens (tertiary/aromatic N) is 3. The van der Waals surface area contributed by atoms with Crippen LogP contribution in [0.4, 0.5) is 5.69 Å². The standard InChI is InChI=1S/C20H15N3O3/c1-12-11-16(24)23-15-10-6-5-9-14(15)17-18(22(12)23)20(26)21(19(17)25)13-7-3-2-4-8-13/h2-11,17-18H,1H3. The molecule has 0 radical (unpaired) electrons. The highest BCUT2D eigenvalue weighted by Gasteiger charge is 2.54. The number of aryl methyl sites for hydroxylation is 1. The van der Waals surface area contributed by atoms with E-state index >= 15 is 0 Å². The molecule has 6 heteroatoms. The molecule has 1 saturated heterocycles. The summed E-state index contributed by atoms with van der Waals surface area (Å²) in [5, 5.41) is 0. The molecule has 2 aliphatic rings. The van der Waals surface area contributed by atoms with Gasteiger partial charge in [0.15, 0.2) is 0 Å². The number of para-hydroxylation sites is 2. The first kappa shape index (κ1) is 14.9. The van der Waals surface area contributed by atoms with Gasteiger partial charge < -0.3 is 0 Å². The third-order valence-corrected chi connectivity index (χ3v) is 5.17. The van der Waals surface area contributed by atoms with Gasteiger partial charge in [0.25, 0.3) is 11.5 Å². The minimum absolute atomic E-state index is 0.202. The molecule has 2 unspecified atom stereocenters. The second kappa shape index (κ2) is 5.05. The van der Waals surface area contributed by atoms with Crippen LogP contribution in [0.15, 0.2) is 65.5 Å². The van der Waals surface area contributed by atoms with Gasteiger partial charge >= 0.3 is 0 Å². The van der Waals surface area contributed by atoms with Crippen molar-refractivity contribution in [2.75, 3.05) is 4.90 Å². The maximum Gasteiger partial charge on any atom is 0.271 e. The van der Waals surface area contributed by atoms with Crippen LogP contribution in [0.2, 0.25) is 0 Å². The minimum atomic E-state index is -0.750. The van der Waals surface area contributed by atoms with E-state index in [0.717, 1.165) is 0 Å². The number of aromatic nitrogens is 2. The first-order valence-electron chi connectivity index (χ1n) is 8.43. The molecule has 2 aliphatic heterocycles. The summed E-state index contributed by atoms with van der Waals surface area (Å²) < 4.78 is 3.17. The minimum Gasteiger partial charge on any atom is -0.273 e. The largest absolute Gasteiger partial charge is 0.273 e. The van der Waals surface area contributed by atoms with Gasteiger partial charge in [-0.05, 0) is 30.7 Å². The van der Waals surface area contributed by atoms with E-state index in [1.165, 1.54) is 15.6 Å². The molecule has 1 aromatic heterocycles. The van der Waals surface area contributed by atoms with Gasteiger partial charge in [0, 0.05) is 11.8 Å².